The zero-order valence-electron chi connectivity index (χ0n) is 10.6. The zero-order chi connectivity index (χ0) is 14.3. The van der Waals surface area contributed by atoms with E-state index in [0.717, 1.165) is 5.69 Å². The van der Waals surface area contributed by atoms with Gasteiger partial charge in [-0.2, -0.15) is 0 Å². The minimum atomic E-state index is -1.06. The van der Waals surface area contributed by atoms with Crippen molar-refractivity contribution in [3.8, 4) is 0 Å². The first-order chi connectivity index (χ1) is 9.63. The molecule has 6 nitrogen and oxygen atoms in total. The first kappa shape index (κ1) is 13.7. The number of anilines is 1. The first-order valence-electron chi connectivity index (χ1n) is 6.40. The zero-order valence-corrected chi connectivity index (χ0v) is 11.4. The molecule has 2 saturated heterocycles. The van der Waals surface area contributed by atoms with Gasteiger partial charge in [-0.1, -0.05) is 18.2 Å². The van der Waals surface area contributed by atoms with Crippen LogP contribution in [0, 0.1) is 0 Å². The summed E-state index contributed by atoms with van der Waals surface area (Å²) in [5, 5.41) is 32.6. The van der Waals surface area contributed by atoms with E-state index in [1.54, 1.807) is 4.90 Å². The normalized spacial score (nSPS) is 34.0. The van der Waals surface area contributed by atoms with E-state index in [-0.39, 0.29) is 0 Å². The average Bonchev–Trinajstić information content (AvgIpc) is 2.69. The standard InChI is InChI=1S/C13H16N2O4S/c16-6-8(17)11-9-10(18)12(19-11)15(13(20)14-9)7-4-2-1-3-5-7/h1-5,8-12,16-18H,6H2,(H,14,20)/t8-,9-,10-,11-,12-/m1/s1. The Morgan fingerprint density at radius 3 is 2.70 bits per heavy atom. The van der Waals surface area contributed by atoms with Crippen molar-refractivity contribution in [3.05, 3.63) is 30.3 Å². The summed E-state index contributed by atoms with van der Waals surface area (Å²) in [4.78, 5) is 1.68. The Balaban J connectivity index is 1.91. The molecule has 0 aliphatic carbocycles. The number of hydrogen-bond acceptors (Lipinski definition) is 5. The Bertz CT molecular complexity index is 500. The molecule has 1 aromatic rings. The highest BCUT2D eigenvalue weighted by atomic mass is 32.1. The molecule has 0 saturated carbocycles. The topological polar surface area (TPSA) is 85.2 Å². The minimum Gasteiger partial charge on any atom is -0.394 e. The number of hydrogen-bond donors (Lipinski definition) is 4. The molecule has 2 aliphatic rings. The molecular weight excluding hydrogens is 280 g/mol. The van der Waals surface area contributed by atoms with Crippen molar-refractivity contribution in [2.45, 2.75) is 30.6 Å². The third kappa shape index (κ3) is 2.07. The van der Waals surface area contributed by atoms with Crippen LogP contribution in [0.4, 0.5) is 5.69 Å². The van der Waals surface area contributed by atoms with Gasteiger partial charge in [0.25, 0.3) is 0 Å². The Morgan fingerprint density at radius 2 is 2.05 bits per heavy atom. The van der Waals surface area contributed by atoms with Crippen LogP contribution < -0.4 is 10.2 Å². The van der Waals surface area contributed by atoms with Crippen LogP contribution in [-0.2, 0) is 4.74 Å². The molecule has 0 unspecified atom stereocenters. The van der Waals surface area contributed by atoms with Gasteiger partial charge in [-0.25, -0.2) is 0 Å². The predicted octanol–water partition coefficient (Wildman–Crippen LogP) is -0.811. The number of thiocarbonyl (C=S) groups is 1. The number of rotatable bonds is 3. The quantitative estimate of drug-likeness (QED) is 0.543. The van der Waals surface area contributed by atoms with Crippen molar-refractivity contribution < 1.29 is 20.1 Å². The molecule has 0 amide bonds. The van der Waals surface area contributed by atoms with E-state index in [1.165, 1.54) is 0 Å². The van der Waals surface area contributed by atoms with Gasteiger partial charge in [0.2, 0.25) is 0 Å². The van der Waals surface area contributed by atoms with Gasteiger partial charge in [0, 0.05) is 5.69 Å². The number of benzene rings is 1. The molecule has 20 heavy (non-hydrogen) atoms. The molecule has 2 heterocycles. The molecule has 5 atom stereocenters. The summed E-state index contributed by atoms with van der Waals surface area (Å²) in [6.45, 7) is -0.430. The maximum Gasteiger partial charge on any atom is 0.176 e. The Hall–Kier alpha value is -1.25. The maximum atomic E-state index is 10.3. The van der Waals surface area contributed by atoms with Gasteiger partial charge in [0.05, 0.1) is 12.6 Å². The molecule has 4 N–H and O–H groups in total. The fraction of sp³-hybridized carbons (Fsp3) is 0.462. The summed E-state index contributed by atoms with van der Waals surface area (Å²) < 4.78 is 5.70. The van der Waals surface area contributed by atoms with Gasteiger partial charge in [-0.05, 0) is 24.4 Å². The maximum absolute atomic E-state index is 10.3. The van der Waals surface area contributed by atoms with Gasteiger partial charge >= 0.3 is 0 Å². The van der Waals surface area contributed by atoms with Crippen LogP contribution in [0.3, 0.4) is 0 Å². The Morgan fingerprint density at radius 1 is 1.35 bits per heavy atom. The summed E-state index contributed by atoms with van der Waals surface area (Å²) >= 11 is 5.31. The molecule has 2 fully saturated rings. The van der Waals surface area contributed by atoms with Gasteiger partial charge in [0.1, 0.15) is 18.3 Å². The van der Waals surface area contributed by atoms with Crippen molar-refractivity contribution in [1.29, 1.82) is 0 Å². The molecule has 1 aromatic carbocycles. The largest absolute Gasteiger partial charge is 0.394 e. The molecule has 3 rings (SSSR count). The van der Waals surface area contributed by atoms with Crippen LogP contribution in [0.25, 0.3) is 0 Å². The smallest absolute Gasteiger partial charge is 0.176 e. The van der Waals surface area contributed by atoms with E-state index in [4.69, 9.17) is 22.1 Å². The number of nitrogens with zero attached hydrogens (tertiary/aromatic N) is 1. The molecular formula is C13H16N2O4S. The minimum absolute atomic E-state index is 0.430. The monoisotopic (exact) mass is 296 g/mol. The second-order valence-electron chi connectivity index (χ2n) is 4.91. The lowest BCUT2D eigenvalue weighted by molar-refractivity contribution is -0.0571. The fourth-order valence-corrected chi connectivity index (χ4v) is 3.04. The molecule has 2 aliphatic heterocycles. The second-order valence-corrected chi connectivity index (χ2v) is 5.30. The van der Waals surface area contributed by atoms with Gasteiger partial charge in [-0.15, -0.1) is 0 Å². The summed E-state index contributed by atoms with van der Waals surface area (Å²) in [6.07, 6.45) is -3.27. The highest BCUT2D eigenvalue weighted by Crippen LogP contribution is 2.33. The lowest BCUT2D eigenvalue weighted by Crippen LogP contribution is -2.62. The van der Waals surface area contributed by atoms with Gasteiger partial charge in [-0.3, -0.25) is 4.90 Å². The lowest BCUT2D eigenvalue weighted by Gasteiger charge is -2.37. The van der Waals surface area contributed by atoms with E-state index in [2.05, 4.69) is 5.32 Å². The van der Waals surface area contributed by atoms with E-state index in [0.29, 0.717) is 5.11 Å². The third-order valence-corrected chi connectivity index (χ3v) is 3.99. The fourth-order valence-electron chi connectivity index (χ4n) is 2.69. The highest BCUT2D eigenvalue weighted by Gasteiger charge is 2.53. The van der Waals surface area contributed by atoms with Crippen LogP contribution in [0.2, 0.25) is 0 Å². The van der Waals surface area contributed by atoms with Crippen molar-refractivity contribution in [1.82, 2.24) is 5.32 Å². The van der Waals surface area contributed by atoms with E-state index in [1.807, 2.05) is 30.3 Å². The average molecular weight is 296 g/mol. The van der Waals surface area contributed by atoms with Crippen molar-refractivity contribution in [3.63, 3.8) is 0 Å². The molecule has 0 spiro atoms. The van der Waals surface area contributed by atoms with Gasteiger partial charge < -0.3 is 25.4 Å². The van der Waals surface area contributed by atoms with Crippen molar-refractivity contribution in [2.24, 2.45) is 0 Å². The number of para-hydroxylation sites is 1. The highest BCUT2D eigenvalue weighted by molar-refractivity contribution is 7.80. The number of aliphatic hydroxyl groups is 3. The van der Waals surface area contributed by atoms with Crippen LogP contribution in [0.5, 0.6) is 0 Å². The predicted molar refractivity (Wildman–Crippen MR) is 76.2 cm³/mol. The van der Waals surface area contributed by atoms with Gasteiger partial charge in [0.15, 0.2) is 11.3 Å². The summed E-state index contributed by atoms with van der Waals surface area (Å²) in [5.41, 5.74) is 0.798. The lowest BCUT2D eigenvalue weighted by atomic mass is 10.0. The van der Waals surface area contributed by atoms with E-state index < -0.39 is 37.2 Å². The molecule has 0 aromatic heterocycles. The van der Waals surface area contributed by atoms with Crippen molar-refractivity contribution in [2.75, 3.05) is 11.5 Å². The van der Waals surface area contributed by atoms with Crippen LogP contribution >= 0.6 is 12.2 Å². The summed E-state index contributed by atoms with van der Waals surface area (Å²) in [7, 11) is 0. The number of nitrogens with one attached hydrogen (secondary N) is 1. The molecule has 7 heteroatoms. The van der Waals surface area contributed by atoms with E-state index in [9.17, 15) is 10.2 Å². The molecule has 108 valence electrons. The summed E-state index contributed by atoms with van der Waals surface area (Å²) in [5.74, 6) is 0. The number of ether oxygens (including phenoxy) is 1. The van der Waals surface area contributed by atoms with Crippen LogP contribution in [0.15, 0.2) is 30.3 Å². The molecule has 0 radical (unpaired) electrons. The van der Waals surface area contributed by atoms with E-state index >= 15 is 0 Å². The Kier molecular flexibility index (Phi) is 3.61. The Labute approximate surface area is 121 Å². The first-order valence-corrected chi connectivity index (χ1v) is 6.81. The number of aliphatic hydroxyl groups excluding tert-OH is 3. The second kappa shape index (κ2) is 5.27. The SMILES string of the molecule is OC[C@@H](O)[C@H]1O[C@@H]2[C@H](O)[C@H]1NC(=S)N2c1ccccc1. The third-order valence-electron chi connectivity index (χ3n) is 3.67. The number of fused-ring (bicyclic) bond motifs is 2. The van der Waals surface area contributed by atoms with Crippen LogP contribution in [0.1, 0.15) is 0 Å². The van der Waals surface area contributed by atoms with Crippen LogP contribution in [-0.4, -0.2) is 57.6 Å². The molecule has 2 bridgehead atoms. The van der Waals surface area contributed by atoms with Crippen molar-refractivity contribution >= 4 is 23.0 Å². The summed E-state index contributed by atoms with van der Waals surface area (Å²) in [6, 6.07) is 8.82.